The molecule has 4 nitrogen and oxygen atoms in total. The summed E-state index contributed by atoms with van der Waals surface area (Å²) in [5.41, 5.74) is 2.06. The van der Waals surface area contributed by atoms with Crippen molar-refractivity contribution in [3.05, 3.63) is 29.8 Å². The molecule has 0 aromatic heterocycles. The molecule has 2 fully saturated rings. The van der Waals surface area contributed by atoms with Crippen molar-refractivity contribution in [2.24, 2.45) is 0 Å². The quantitative estimate of drug-likeness (QED) is 0.831. The van der Waals surface area contributed by atoms with Crippen molar-refractivity contribution in [3.63, 3.8) is 0 Å². The SMILES string of the molecule is Cc1ccc(N2C(=O)COCC23CCNCC3)cc1. The number of morpholine rings is 1. The maximum absolute atomic E-state index is 12.3. The third-order valence-electron chi connectivity index (χ3n) is 4.15. The van der Waals surface area contributed by atoms with E-state index in [-0.39, 0.29) is 18.1 Å². The van der Waals surface area contributed by atoms with E-state index in [1.54, 1.807) is 0 Å². The summed E-state index contributed by atoms with van der Waals surface area (Å²) < 4.78 is 5.53. The van der Waals surface area contributed by atoms with Crippen molar-refractivity contribution in [2.45, 2.75) is 25.3 Å². The van der Waals surface area contributed by atoms with Gasteiger partial charge in [0.05, 0.1) is 12.1 Å². The number of ether oxygens (including phenoxy) is 1. The molecule has 1 aromatic rings. The second-order valence-electron chi connectivity index (χ2n) is 5.53. The van der Waals surface area contributed by atoms with Gasteiger partial charge in [-0.15, -0.1) is 0 Å². The van der Waals surface area contributed by atoms with E-state index in [0.29, 0.717) is 6.61 Å². The standard InChI is InChI=1S/C15H20N2O2/c1-12-2-4-13(5-3-12)17-14(18)10-19-11-15(17)6-8-16-9-7-15/h2-5,16H,6-11H2,1H3. The molecule has 2 aliphatic rings. The molecule has 1 amide bonds. The van der Waals surface area contributed by atoms with Crippen molar-refractivity contribution in [2.75, 3.05) is 31.2 Å². The number of hydrogen-bond acceptors (Lipinski definition) is 3. The van der Waals surface area contributed by atoms with Gasteiger partial charge in [0.1, 0.15) is 6.61 Å². The lowest BCUT2D eigenvalue weighted by Crippen LogP contribution is -2.63. The Bertz CT molecular complexity index is 458. The largest absolute Gasteiger partial charge is 0.369 e. The van der Waals surface area contributed by atoms with E-state index < -0.39 is 0 Å². The highest BCUT2D eigenvalue weighted by Gasteiger charge is 2.44. The molecule has 2 heterocycles. The van der Waals surface area contributed by atoms with E-state index in [0.717, 1.165) is 31.6 Å². The summed E-state index contributed by atoms with van der Waals surface area (Å²) in [5.74, 6) is 0.0806. The van der Waals surface area contributed by atoms with E-state index in [4.69, 9.17) is 4.74 Å². The second kappa shape index (κ2) is 4.94. The monoisotopic (exact) mass is 260 g/mol. The second-order valence-corrected chi connectivity index (χ2v) is 5.53. The molecule has 0 aliphatic carbocycles. The zero-order valence-electron chi connectivity index (χ0n) is 11.3. The van der Waals surface area contributed by atoms with Crippen molar-refractivity contribution in [3.8, 4) is 0 Å². The number of amides is 1. The van der Waals surface area contributed by atoms with Crippen LogP contribution in [-0.4, -0.2) is 37.7 Å². The Hall–Kier alpha value is -1.39. The van der Waals surface area contributed by atoms with Crippen LogP contribution in [0.2, 0.25) is 0 Å². The predicted molar refractivity (Wildman–Crippen MR) is 74.3 cm³/mol. The summed E-state index contributed by atoms with van der Waals surface area (Å²) in [6.45, 7) is 4.79. The molecule has 2 saturated heterocycles. The van der Waals surface area contributed by atoms with E-state index in [1.165, 1.54) is 5.56 Å². The topological polar surface area (TPSA) is 41.6 Å². The highest BCUT2D eigenvalue weighted by atomic mass is 16.5. The Balaban J connectivity index is 1.97. The molecule has 102 valence electrons. The average molecular weight is 260 g/mol. The fraction of sp³-hybridized carbons (Fsp3) is 0.533. The summed E-state index contributed by atoms with van der Waals surface area (Å²) >= 11 is 0. The molecule has 1 N–H and O–H groups in total. The Morgan fingerprint density at radius 3 is 2.58 bits per heavy atom. The minimum absolute atomic E-state index is 0.0806. The normalized spacial score (nSPS) is 22.8. The predicted octanol–water partition coefficient (Wildman–Crippen LogP) is 1.48. The lowest BCUT2D eigenvalue weighted by Gasteiger charge is -2.49. The Morgan fingerprint density at radius 2 is 1.89 bits per heavy atom. The summed E-state index contributed by atoms with van der Waals surface area (Å²) in [5, 5.41) is 3.36. The first-order chi connectivity index (χ1) is 9.21. The molecule has 19 heavy (non-hydrogen) atoms. The minimum atomic E-state index is -0.157. The number of carbonyl (C=O) groups excluding carboxylic acids is 1. The average Bonchev–Trinajstić information content (AvgIpc) is 2.42. The smallest absolute Gasteiger partial charge is 0.253 e. The van der Waals surface area contributed by atoms with Gasteiger partial charge in [0.15, 0.2) is 0 Å². The van der Waals surface area contributed by atoms with Gasteiger partial charge in [0.2, 0.25) is 0 Å². The number of rotatable bonds is 1. The zero-order chi connectivity index (χ0) is 13.3. The summed E-state index contributed by atoms with van der Waals surface area (Å²) in [6, 6.07) is 8.21. The first kappa shape index (κ1) is 12.6. The van der Waals surface area contributed by atoms with Crippen LogP contribution >= 0.6 is 0 Å². The lowest BCUT2D eigenvalue weighted by molar-refractivity contribution is -0.131. The number of hydrogen-bond donors (Lipinski definition) is 1. The fourth-order valence-corrected chi connectivity index (χ4v) is 3.09. The van der Waals surface area contributed by atoms with E-state index >= 15 is 0 Å². The van der Waals surface area contributed by atoms with E-state index in [9.17, 15) is 4.79 Å². The zero-order valence-corrected chi connectivity index (χ0v) is 11.3. The molecular weight excluding hydrogens is 240 g/mol. The van der Waals surface area contributed by atoms with Crippen LogP contribution in [0.5, 0.6) is 0 Å². The molecule has 0 unspecified atom stereocenters. The van der Waals surface area contributed by atoms with Crippen molar-refractivity contribution in [1.29, 1.82) is 0 Å². The maximum atomic E-state index is 12.3. The number of benzene rings is 1. The van der Waals surface area contributed by atoms with Gasteiger partial charge in [-0.1, -0.05) is 17.7 Å². The van der Waals surface area contributed by atoms with Crippen LogP contribution in [-0.2, 0) is 9.53 Å². The van der Waals surface area contributed by atoms with Gasteiger partial charge in [-0.3, -0.25) is 4.79 Å². The van der Waals surface area contributed by atoms with Gasteiger partial charge in [0.25, 0.3) is 5.91 Å². The number of nitrogens with zero attached hydrogens (tertiary/aromatic N) is 1. The Morgan fingerprint density at radius 1 is 1.21 bits per heavy atom. The van der Waals surface area contributed by atoms with Gasteiger partial charge in [0, 0.05) is 5.69 Å². The Labute approximate surface area is 113 Å². The third kappa shape index (κ3) is 2.26. The molecule has 4 heteroatoms. The van der Waals surface area contributed by atoms with Crippen LogP contribution in [0.4, 0.5) is 5.69 Å². The molecule has 0 atom stereocenters. The van der Waals surface area contributed by atoms with Crippen molar-refractivity contribution in [1.82, 2.24) is 5.32 Å². The highest BCUT2D eigenvalue weighted by Crippen LogP contribution is 2.34. The maximum Gasteiger partial charge on any atom is 0.253 e. The lowest BCUT2D eigenvalue weighted by atomic mass is 9.85. The van der Waals surface area contributed by atoms with Gasteiger partial charge in [-0.2, -0.15) is 0 Å². The molecular formula is C15H20N2O2. The molecule has 0 radical (unpaired) electrons. The van der Waals surface area contributed by atoms with Gasteiger partial charge in [-0.25, -0.2) is 0 Å². The summed E-state index contributed by atoms with van der Waals surface area (Å²) in [7, 11) is 0. The summed E-state index contributed by atoms with van der Waals surface area (Å²) in [6.07, 6.45) is 1.90. The summed E-state index contributed by atoms with van der Waals surface area (Å²) in [4.78, 5) is 14.3. The molecule has 2 aliphatic heterocycles. The minimum Gasteiger partial charge on any atom is -0.369 e. The number of piperidine rings is 1. The molecule has 1 spiro atoms. The van der Waals surface area contributed by atoms with Crippen LogP contribution in [0.25, 0.3) is 0 Å². The van der Waals surface area contributed by atoms with Gasteiger partial charge < -0.3 is 15.0 Å². The van der Waals surface area contributed by atoms with Crippen LogP contribution in [0.1, 0.15) is 18.4 Å². The first-order valence-corrected chi connectivity index (χ1v) is 6.89. The molecule has 0 saturated carbocycles. The third-order valence-corrected chi connectivity index (χ3v) is 4.15. The van der Waals surface area contributed by atoms with Crippen LogP contribution in [0.15, 0.2) is 24.3 Å². The van der Waals surface area contributed by atoms with Crippen LogP contribution < -0.4 is 10.2 Å². The highest BCUT2D eigenvalue weighted by molar-refractivity contribution is 5.96. The molecule has 0 bridgehead atoms. The van der Waals surface area contributed by atoms with Crippen LogP contribution in [0, 0.1) is 6.92 Å². The van der Waals surface area contributed by atoms with Crippen LogP contribution in [0.3, 0.4) is 0 Å². The van der Waals surface area contributed by atoms with E-state index in [1.807, 2.05) is 17.0 Å². The molecule has 3 rings (SSSR count). The first-order valence-electron chi connectivity index (χ1n) is 6.89. The number of carbonyl (C=O) groups is 1. The van der Waals surface area contributed by atoms with Gasteiger partial charge in [-0.05, 0) is 45.0 Å². The van der Waals surface area contributed by atoms with Gasteiger partial charge >= 0.3 is 0 Å². The fourth-order valence-electron chi connectivity index (χ4n) is 3.09. The van der Waals surface area contributed by atoms with E-state index in [2.05, 4.69) is 24.4 Å². The van der Waals surface area contributed by atoms with Crippen molar-refractivity contribution < 1.29 is 9.53 Å². The Kier molecular flexibility index (Phi) is 3.29. The number of nitrogens with one attached hydrogen (secondary N) is 1. The molecule has 1 aromatic carbocycles. The number of anilines is 1. The number of aryl methyl sites for hydroxylation is 1. The van der Waals surface area contributed by atoms with Crippen molar-refractivity contribution >= 4 is 11.6 Å².